The maximum absolute atomic E-state index is 12.4. The van der Waals surface area contributed by atoms with Crippen molar-refractivity contribution < 1.29 is 27.4 Å². The summed E-state index contributed by atoms with van der Waals surface area (Å²) in [6, 6.07) is 13.8. The van der Waals surface area contributed by atoms with Gasteiger partial charge in [0.2, 0.25) is 15.9 Å². The smallest absolute Gasteiger partial charge is 0.241 e. The third-order valence-electron chi connectivity index (χ3n) is 4.28. The second-order valence-electron chi connectivity index (χ2n) is 7.32. The number of hydrogen-bond donors (Lipinski definition) is 1. The number of para-hydroxylation sites is 2. The average Bonchev–Trinajstić information content (AvgIpc) is 2.68. The molecule has 0 radical (unpaired) electrons. The van der Waals surface area contributed by atoms with Crippen LogP contribution in [0, 0.1) is 0 Å². The summed E-state index contributed by atoms with van der Waals surface area (Å²) in [6.07, 6.45) is -0.356. The maximum atomic E-state index is 12.4. The van der Waals surface area contributed by atoms with Crippen molar-refractivity contribution in [3.05, 3.63) is 48.5 Å². The molecule has 0 spiro atoms. The van der Waals surface area contributed by atoms with E-state index in [9.17, 15) is 13.2 Å². The van der Waals surface area contributed by atoms with Gasteiger partial charge in [0.05, 0.1) is 12.6 Å². The minimum Gasteiger partial charge on any atom is -0.491 e. The normalized spacial score (nSPS) is 15.5. The third kappa shape index (κ3) is 6.03. The first-order valence-corrected chi connectivity index (χ1v) is 11.3. The molecule has 0 aliphatic carbocycles. The summed E-state index contributed by atoms with van der Waals surface area (Å²) in [5.41, 5.74) is 0.363. The Balaban J connectivity index is 1.52. The van der Waals surface area contributed by atoms with Crippen LogP contribution in [0.15, 0.2) is 48.5 Å². The highest BCUT2D eigenvalue weighted by molar-refractivity contribution is 7.93. The molecule has 1 atom stereocenters. The molecule has 0 aromatic heterocycles. The van der Waals surface area contributed by atoms with Gasteiger partial charge in [-0.15, -0.1) is 0 Å². The highest BCUT2D eigenvalue weighted by Gasteiger charge is 2.26. The third-order valence-corrected chi connectivity index (χ3v) is 5.46. The molecule has 1 amide bonds. The minimum absolute atomic E-state index is 0.0210. The lowest BCUT2D eigenvalue weighted by Gasteiger charge is -2.29. The van der Waals surface area contributed by atoms with Gasteiger partial charge in [0.1, 0.15) is 18.1 Å². The van der Waals surface area contributed by atoms with Crippen molar-refractivity contribution in [3.63, 3.8) is 0 Å². The van der Waals surface area contributed by atoms with Crippen molar-refractivity contribution in [1.29, 1.82) is 0 Å². The van der Waals surface area contributed by atoms with Crippen LogP contribution in [-0.4, -0.2) is 57.4 Å². The van der Waals surface area contributed by atoms with Crippen molar-refractivity contribution in [1.82, 2.24) is 4.90 Å². The molecule has 9 heteroatoms. The standard InChI is InChI=1S/C21H26N2O6S/c1-15(2)28-17-10-8-16(9-11-17)22-30(25,26)14-21(24)23(3)12-18-13-27-19-6-4-5-7-20(19)29-18/h4-11,15,18,22H,12-14H2,1-3H3. The zero-order valence-electron chi connectivity index (χ0n) is 17.2. The summed E-state index contributed by atoms with van der Waals surface area (Å²) < 4.78 is 44.2. The number of amides is 1. The number of nitrogens with one attached hydrogen (secondary N) is 1. The van der Waals surface area contributed by atoms with Crippen LogP contribution in [0.2, 0.25) is 0 Å². The number of rotatable bonds is 8. The summed E-state index contributed by atoms with van der Waals surface area (Å²) >= 11 is 0. The molecule has 0 saturated heterocycles. The SMILES string of the molecule is CC(C)Oc1ccc(NS(=O)(=O)CC(=O)N(C)CC2COc3ccccc3O2)cc1. The highest BCUT2D eigenvalue weighted by atomic mass is 32.2. The van der Waals surface area contributed by atoms with Crippen molar-refractivity contribution >= 4 is 21.6 Å². The number of ether oxygens (including phenoxy) is 3. The van der Waals surface area contributed by atoms with E-state index < -0.39 is 21.7 Å². The van der Waals surface area contributed by atoms with Gasteiger partial charge < -0.3 is 19.1 Å². The highest BCUT2D eigenvalue weighted by Crippen LogP contribution is 2.31. The Morgan fingerprint density at radius 2 is 1.83 bits per heavy atom. The summed E-state index contributed by atoms with van der Waals surface area (Å²) in [5.74, 6) is 0.690. The molecule has 8 nitrogen and oxygen atoms in total. The van der Waals surface area contributed by atoms with E-state index in [-0.39, 0.29) is 25.4 Å². The molecule has 3 rings (SSSR count). The quantitative estimate of drug-likeness (QED) is 0.686. The molecule has 0 fully saturated rings. The Morgan fingerprint density at radius 1 is 1.17 bits per heavy atom. The molecule has 1 aliphatic rings. The molecule has 0 bridgehead atoms. The second-order valence-corrected chi connectivity index (χ2v) is 9.05. The van der Waals surface area contributed by atoms with E-state index in [4.69, 9.17) is 14.2 Å². The molecule has 0 saturated carbocycles. The van der Waals surface area contributed by atoms with E-state index in [1.807, 2.05) is 26.0 Å². The molecule has 30 heavy (non-hydrogen) atoms. The van der Waals surface area contributed by atoms with Crippen LogP contribution in [0.4, 0.5) is 5.69 Å². The number of anilines is 1. The molecule has 1 N–H and O–H groups in total. The number of likely N-dealkylation sites (N-methyl/N-ethyl adjacent to an activating group) is 1. The van der Waals surface area contributed by atoms with Crippen LogP contribution in [0.1, 0.15) is 13.8 Å². The van der Waals surface area contributed by atoms with Crippen molar-refractivity contribution in [3.8, 4) is 17.2 Å². The summed E-state index contributed by atoms with van der Waals surface area (Å²) in [5, 5.41) is 0. The van der Waals surface area contributed by atoms with Gasteiger partial charge in [-0.25, -0.2) is 8.42 Å². The lowest BCUT2D eigenvalue weighted by Crippen LogP contribution is -2.44. The van der Waals surface area contributed by atoms with Gasteiger partial charge in [-0.2, -0.15) is 0 Å². The van der Waals surface area contributed by atoms with Crippen LogP contribution in [0.25, 0.3) is 0 Å². The predicted octanol–water partition coefficient (Wildman–Crippen LogP) is 2.51. The molecule has 162 valence electrons. The van der Waals surface area contributed by atoms with Crippen LogP contribution >= 0.6 is 0 Å². The van der Waals surface area contributed by atoms with E-state index in [2.05, 4.69) is 4.72 Å². The van der Waals surface area contributed by atoms with Crippen LogP contribution < -0.4 is 18.9 Å². The van der Waals surface area contributed by atoms with Crippen LogP contribution in [-0.2, 0) is 14.8 Å². The molecule has 2 aromatic carbocycles. The largest absolute Gasteiger partial charge is 0.491 e. The Hall–Kier alpha value is -2.94. The van der Waals surface area contributed by atoms with Gasteiger partial charge in [0, 0.05) is 12.7 Å². The first-order chi connectivity index (χ1) is 14.2. The fourth-order valence-corrected chi connectivity index (χ4v) is 4.04. The van der Waals surface area contributed by atoms with E-state index in [0.29, 0.717) is 22.9 Å². The summed E-state index contributed by atoms with van der Waals surface area (Å²) in [7, 11) is -2.32. The van der Waals surface area contributed by atoms with Gasteiger partial charge in [-0.05, 0) is 50.2 Å². The zero-order valence-corrected chi connectivity index (χ0v) is 18.0. The first kappa shape index (κ1) is 21.8. The molecule has 1 heterocycles. The van der Waals surface area contributed by atoms with E-state index in [0.717, 1.165) is 0 Å². The number of hydrogen-bond acceptors (Lipinski definition) is 6. The molecule has 1 unspecified atom stereocenters. The van der Waals surface area contributed by atoms with Crippen molar-refractivity contribution in [2.24, 2.45) is 0 Å². The fraction of sp³-hybridized carbons (Fsp3) is 0.381. The minimum atomic E-state index is -3.86. The van der Waals surface area contributed by atoms with Gasteiger partial charge >= 0.3 is 0 Å². The Morgan fingerprint density at radius 3 is 2.50 bits per heavy atom. The fourth-order valence-electron chi connectivity index (χ4n) is 2.92. The monoisotopic (exact) mass is 434 g/mol. The maximum Gasteiger partial charge on any atom is 0.241 e. The summed E-state index contributed by atoms with van der Waals surface area (Å²) in [4.78, 5) is 13.8. The van der Waals surface area contributed by atoms with E-state index in [1.165, 1.54) is 4.90 Å². The molecular formula is C21H26N2O6S. The topological polar surface area (TPSA) is 94.2 Å². The predicted molar refractivity (Wildman–Crippen MR) is 114 cm³/mol. The number of carbonyl (C=O) groups is 1. The zero-order chi connectivity index (χ0) is 21.7. The average molecular weight is 435 g/mol. The molecule has 2 aromatic rings. The van der Waals surface area contributed by atoms with Crippen LogP contribution in [0.5, 0.6) is 17.2 Å². The Labute approximate surface area is 176 Å². The first-order valence-electron chi connectivity index (χ1n) is 9.61. The van der Waals surface area contributed by atoms with Crippen molar-refractivity contribution in [2.45, 2.75) is 26.1 Å². The lowest BCUT2D eigenvalue weighted by atomic mass is 10.2. The summed E-state index contributed by atoms with van der Waals surface area (Å²) in [6.45, 7) is 4.30. The number of carbonyl (C=O) groups excluding carboxylic acids is 1. The second kappa shape index (κ2) is 9.25. The molecular weight excluding hydrogens is 408 g/mol. The number of nitrogens with zero attached hydrogens (tertiary/aromatic N) is 1. The Bertz CT molecular complexity index is 975. The number of sulfonamides is 1. The number of fused-ring (bicyclic) bond motifs is 1. The van der Waals surface area contributed by atoms with Gasteiger partial charge in [-0.1, -0.05) is 12.1 Å². The lowest BCUT2D eigenvalue weighted by molar-refractivity contribution is -0.128. The van der Waals surface area contributed by atoms with Gasteiger partial charge in [0.25, 0.3) is 0 Å². The van der Waals surface area contributed by atoms with E-state index >= 15 is 0 Å². The van der Waals surface area contributed by atoms with Crippen LogP contribution in [0.3, 0.4) is 0 Å². The Kier molecular flexibility index (Phi) is 6.71. The van der Waals surface area contributed by atoms with Gasteiger partial charge in [0.15, 0.2) is 17.6 Å². The van der Waals surface area contributed by atoms with Gasteiger partial charge in [-0.3, -0.25) is 9.52 Å². The molecule has 1 aliphatic heterocycles. The van der Waals surface area contributed by atoms with Crippen molar-refractivity contribution in [2.75, 3.05) is 30.7 Å². The number of benzene rings is 2. The van der Waals surface area contributed by atoms with E-state index in [1.54, 1.807) is 43.4 Å².